The van der Waals surface area contributed by atoms with Gasteiger partial charge >= 0.3 is 0 Å². The fourth-order valence-electron chi connectivity index (χ4n) is 0.972. The fourth-order valence-corrected chi connectivity index (χ4v) is 0.972. The Balaban J connectivity index is 4.16. The summed E-state index contributed by atoms with van der Waals surface area (Å²) >= 11 is 0. The van der Waals surface area contributed by atoms with Crippen LogP contribution in [0.2, 0.25) is 0 Å². The van der Waals surface area contributed by atoms with Crippen LogP contribution in [0.5, 0.6) is 0 Å². The van der Waals surface area contributed by atoms with Gasteiger partial charge < -0.3 is 5.41 Å². The molecule has 0 saturated carbocycles. The molecule has 0 unspecified atom stereocenters. The summed E-state index contributed by atoms with van der Waals surface area (Å²) in [6.45, 7) is 9.76. The van der Waals surface area contributed by atoms with Crippen LogP contribution in [-0.2, 0) is 0 Å². The van der Waals surface area contributed by atoms with E-state index in [1.54, 1.807) is 6.92 Å². The van der Waals surface area contributed by atoms with E-state index in [0.717, 1.165) is 12.8 Å². The zero-order valence-corrected chi connectivity index (χ0v) is 7.70. The van der Waals surface area contributed by atoms with Crippen molar-refractivity contribution < 1.29 is 0 Å². The highest BCUT2D eigenvalue weighted by Gasteiger charge is 1.94. The van der Waals surface area contributed by atoms with Crippen molar-refractivity contribution in [3.05, 3.63) is 23.8 Å². The Hall–Kier alpha value is -0.850. The first kappa shape index (κ1) is 10.2. The summed E-state index contributed by atoms with van der Waals surface area (Å²) in [6.07, 6.45) is 3.88. The molecule has 0 aliphatic heterocycles. The molecule has 1 N–H and O–H groups in total. The van der Waals surface area contributed by atoms with Crippen LogP contribution in [0.3, 0.4) is 0 Å². The average molecular weight is 151 g/mol. The highest BCUT2D eigenvalue weighted by molar-refractivity contribution is 5.90. The Morgan fingerprint density at radius 2 is 2.00 bits per heavy atom. The summed E-state index contributed by atoms with van der Waals surface area (Å²) in [4.78, 5) is 0. The molecule has 11 heavy (non-hydrogen) atoms. The Morgan fingerprint density at radius 3 is 2.27 bits per heavy atom. The topological polar surface area (TPSA) is 23.9 Å². The second-order valence-corrected chi connectivity index (χ2v) is 2.97. The molecule has 1 heteroatoms. The van der Waals surface area contributed by atoms with Crippen molar-refractivity contribution >= 4 is 5.71 Å². The van der Waals surface area contributed by atoms with Gasteiger partial charge in [-0.25, -0.2) is 0 Å². The zero-order valence-electron chi connectivity index (χ0n) is 7.70. The van der Waals surface area contributed by atoms with Crippen LogP contribution < -0.4 is 0 Å². The lowest BCUT2D eigenvalue weighted by Crippen LogP contribution is -1.88. The number of allylic oxidation sites excluding steroid dienone is 3. The van der Waals surface area contributed by atoms with Gasteiger partial charge in [-0.05, 0) is 32.8 Å². The van der Waals surface area contributed by atoms with E-state index in [1.807, 2.05) is 13.0 Å². The monoisotopic (exact) mass is 151 g/mol. The number of nitrogens with one attached hydrogen (secondary N) is 1. The molecule has 0 aliphatic carbocycles. The second-order valence-electron chi connectivity index (χ2n) is 2.97. The van der Waals surface area contributed by atoms with Crippen LogP contribution in [0, 0.1) is 5.41 Å². The average Bonchev–Trinajstić information content (AvgIpc) is 1.84. The Morgan fingerprint density at radius 1 is 1.45 bits per heavy atom. The third kappa shape index (κ3) is 5.59. The van der Waals surface area contributed by atoms with Crippen molar-refractivity contribution in [2.75, 3.05) is 0 Å². The molecule has 0 aromatic heterocycles. The van der Waals surface area contributed by atoms with Crippen LogP contribution in [0.4, 0.5) is 0 Å². The molecule has 0 rings (SSSR count). The van der Waals surface area contributed by atoms with Crippen molar-refractivity contribution in [1.82, 2.24) is 0 Å². The summed E-state index contributed by atoms with van der Waals surface area (Å²) in [7, 11) is 0. The first-order valence-electron chi connectivity index (χ1n) is 3.95. The minimum absolute atomic E-state index is 0.628. The SMILES string of the molecule is C=C(C)C/C(=C\C(C)=N)CC. The highest BCUT2D eigenvalue weighted by atomic mass is 14.4. The van der Waals surface area contributed by atoms with Crippen molar-refractivity contribution in [2.45, 2.75) is 33.6 Å². The van der Waals surface area contributed by atoms with Gasteiger partial charge in [-0.15, -0.1) is 0 Å². The van der Waals surface area contributed by atoms with Gasteiger partial charge in [0.25, 0.3) is 0 Å². The number of hydrogen-bond acceptors (Lipinski definition) is 1. The molecule has 1 nitrogen and oxygen atoms in total. The molecular weight excluding hydrogens is 134 g/mol. The maximum absolute atomic E-state index is 7.27. The summed E-state index contributed by atoms with van der Waals surface area (Å²) in [6, 6.07) is 0. The molecule has 0 atom stereocenters. The van der Waals surface area contributed by atoms with E-state index in [9.17, 15) is 0 Å². The van der Waals surface area contributed by atoms with Gasteiger partial charge in [-0.3, -0.25) is 0 Å². The Kier molecular flexibility index (Phi) is 4.51. The molecular formula is C10H17N. The molecule has 0 aromatic rings. The number of rotatable bonds is 4. The van der Waals surface area contributed by atoms with E-state index >= 15 is 0 Å². The van der Waals surface area contributed by atoms with Gasteiger partial charge in [0.05, 0.1) is 0 Å². The van der Waals surface area contributed by atoms with Crippen molar-refractivity contribution in [3.8, 4) is 0 Å². The van der Waals surface area contributed by atoms with E-state index in [2.05, 4.69) is 13.5 Å². The maximum atomic E-state index is 7.27. The normalized spacial score (nSPS) is 11.4. The summed E-state index contributed by atoms with van der Waals surface area (Å²) in [5, 5.41) is 7.27. The molecule has 0 spiro atoms. The van der Waals surface area contributed by atoms with Crippen LogP contribution in [0.1, 0.15) is 33.6 Å². The third-order valence-electron chi connectivity index (χ3n) is 1.40. The minimum atomic E-state index is 0.628. The first-order valence-corrected chi connectivity index (χ1v) is 3.95. The van der Waals surface area contributed by atoms with Gasteiger partial charge in [-0.2, -0.15) is 0 Å². The zero-order chi connectivity index (χ0) is 8.85. The molecule has 0 bridgehead atoms. The predicted octanol–water partition coefficient (Wildman–Crippen LogP) is 3.33. The predicted molar refractivity (Wildman–Crippen MR) is 51.2 cm³/mol. The molecule has 0 aliphatic rings. The van der Waals surface area contributed by atoms with Crippen LogP contribution in [0.15, 0.2) is 23.8 Å². The van der Waals surface area contributed by atoms with E-state index in [1.165, 1.54) is 11.1 Å². The van der Waals surface area contributed by atoms with Crippen LogP contribution in [-0.4, -0.2) is 5.71 Å². The van der Waals surface area contributed by atoms with E-state index in [4.69, 9.17) is 5.41 Å². The van der Waals surface area contributed by atoms with Gasteiger partial charge in [0, 0.05) is 5.71 Å². The summed E-state index contributed by atoms with van der Waals surface area (Å²) < 4.78 is 0. The van der Waals surface area contributed by atoms with Crippen molar-refractivity contribution in [2.24, 2.45) is 0 Å². The lowest BCUT2D eigenvalue weighted by molar-refractivity contribution is 0.995. The van der Waals surface area contributed by atoms with Crippen LogP contribution >= 0.6 is 0 Å². The lowest BCUT2D eigenvalue weighted by atomic mass is 10.0. The summed E-state index contributed by atoms with van der Waals surface area (Å²) in [5.74, 6) is 0. The molecule has 0 saturated heterocycles. The molecule has 0 radical (unpaired) electrons. The van der Waals surface area contributed by atoms with E-state index < -0.39 is 0 Å². The van der Waals surface area contributed by atoms with E-state index in [0.29, 0.717) is 5.71 Å². The Bertz CT molecular complexity index is 187. The third-order valence-corrected chi connectivity index (χ3v) is 1.40. The fraction of sp³-hybridized carbons (Fsp3) is 0.500. The lowest BCUT2D eigenvalue weighted by Gasteiger charge is -2.02. The van der Waals surface area contributed by atoms with E-state index in [-0.39, 0.29) is 0 Å². The Labute approximate surface area is 69.3 Å². The largest absolute Gasteiger partial charge is 0.306 e. The van der Waals surface area contributed by atoms with Crippen LogP contribution in [0.25, 0.3) is 0 Å². The van der Waals surface area contributed by atoms with Crippen molar-refractivity contribution in [1.29, 1.82) is 5.41 Å². The van der Waals surface area contributed by atoms with Gasteiger partial charge in [0.15, 0.2) is 0 Å². The smallest absolute Gasteiger partial charge is 0.0282 e. The van der Waals surface area contributed by atoms with Gasteiger partial charge in [-0.1, -0.05) is 24.6 Å². The molecule has 0 aromatic carbocycles. The van der Waals surface area contributed by atoms with Crippen molar-refractivity contribution in [3.63, 3.8) is 0 Å². The first-order chi connectivity index (χ1) is 5.06. The highest BCUT2D eigenvalue weighted by Crippen LogP contribution is 2.11. The quantitative estimate of drug-likeness (QED) is 0.470. The van der Waals surface area contributed by atoms with Gasteiger partial charge in [0.2, 0.25) is 0 Å². The second kappa shape index (κ2) is 4.89. The summed E-state index contributed by atoms with van der Waals surface area (Å²) in [5.41, 5.74) is 3.09. The molecule has 0 heterocycles. The molecule has 62 valence electrons. The standard InChI is InChI=1S/C10H17N/c1-5-10(6-8(2)3)7-9(4)11/h7,11H,2,5-6H2,1,3-4H3/b10-7-,11-9?. The number of hydrogen-bond donors (Lipinski definition) is 1. The molecule has 0 fully saturated rings. The minimum Gasteiger partial charge on any atom is -0.306 e. The molecule has 0 amide bonds. The maximum Gasteiger partial charge on any atom is 0.0282 e. The van der Waals surface area contributed by atoms with Gasteiger partial charge in [0.1, 0.15) is 0 Å².